The number of benzene rings is 2. The lowest BCUT2D eigenvalue weighted by Crippen LogP contribution is -2.45. The Morgan fingerprint density at radius 3 is 2.35 bits per heavy atom. The molecule has 166 valence electrons. The lowest BCUT2D eigenvalue weighted by Gasteiger charge is -2.31. The molecule has 31 heavy (non-hydrogen) atoms. The Morgan fingerprint density at radius 1 is 0.903 bits per heavy atom. The minimum Gasteiger partial charge on any atom is -0.508 e. The summed E-state index contributed by atoms with van der Waals surface area (Å²) in [5.74, 6) is 1.24. The van der Waals surface area contributed by atoms with E-state index in [4.69, 9.17) is 0 Å². The van der Waals surface area contributed by atoms with Gasteiger partial charge in [-0.3, -0.25) is 14.6 Å². The highest BCUT2D eigenvalue weighted by Gasteiger charge is 2.25. The lowest BCUT2D eigenvalue weighted by molar-refractivity contribution is -0.123. The zero-order valence-corrected chi connectivity index (χ0v) is 18.4. The average Bonchev–Trinajstić information content (AvgIpc) is 3.21. The number of carbonyl (C=O) groups is 1. The zero-order valence-electron chi connectivity index (χ0n) is 18.4. The highest BCUT2D eigenvalue weighted by molar-refractivity contribution is 5.78. The number of piperidine rings is 1. The van der Waals surface area contributed by atoms with E-state index in [9.17, 15) is 9.90 Å². The predicted octanol–water partition coefficient (Wildman–Crippen LogP) is 3.43. The summed E-state index contributed by atoms with van der Waals surface area (Å²) in [4.78, 5) is 17.3. The van der Waals surface area contributed by atoms with Gasteiger partial charge in [0.25, 0.3) is 0 Å². The summed E-state index contributed by atoms with van der Waals surface area (Å²) < 4.78 is 0. The summed E-state index contributed by atoms with van der Waals surface area (Å²) in [5, 5.41) is 12.7. The number of likely N-dealkylation sites (tertiary alicyclic amines) is 2. The molecule has 1 unspecified atom stereocenters. The molecule has 0 aliphatic carbocycles. The first-order valence-electron chi connectivity index (χ1n) is 11.7. The second kappa shape index (κ2) is 10.8. The van der Waals surface area contributed by atoms with Crippen LogP contribution in [-0.2, 0) is 17.8 Å². The number of phenolic OH excluding ortho intramolecular Hbond substituents is 1. The third-order valence-electron chi connectivity index (χ3n) is 6.74. The van der Waals surface area contributed by atoms with E-state index in [0.717, 1.165) is 51.5 Å². The van der Waals surface area contributed by atoms with Gasteiger partial charge in [0.05, 0.1) is 6.54 Å². The number of rotatable bonds is 8. The number of carbonyl (C=O) groups excluding carboxylic acids is 1. The van der Waals surface area contributed by atoms with Crippen LogP contribution in [0.2, 0.25) is 0 Å². The van der Waals surface area contributed by atoms with Crippen LogP contribution in [0.15, 0.2) is 54.6 Å². The second-order valence-electron chi connectivity index (χ2n) is 9.20. The lowest BCUT2D eigenvalue weighted by atomic mass is 9.90. The summed E-state index contributed by atoms with van der Waals surface area (Å²) in [6.07, 6.45) is 5.62. The molecule has 5 nitrogen and oxygen atoms in total. The second-order valence-corrected chi connectivity index (χ2v) is 9.20. The SMILES string of the molecule is O=C(CN1CCC(CCc2ccc(O)cc2)CC1)NC1CCN(Cc2ccccc2)C1. The molecule has 2 aromatic carbocycles. The van der Waals surface area contributed by atoms with Gasteiger partial charge in [0.15, 0.2) is 0 Å². The number of hydrogen-bond donors (Lipinski definition) is 2. The molecule has 2 heterocycles. The molecule has 2 aliphatic heterocycles. The normalized spacial score (nSPS) is 20.7. The van der Waals surface area contributed by atoms with Crippen molar-refractivity contribution in [3.8, 4) is 5.75 Å². The summed E-state index contributed by atoms with van der Waals surface area (Å²) in [6, 6.07) is 18.4. The molecule has 5 heteroatoms. The third kappa shape index (κ3) is 6.81. The minimum atomic E-state index is 0.175. The summed E-state index contributed by atoms with van der Waals surface area (Å²) in [7, 11) is 0. The number of nitrogens with zero attached hydrogens (tertiary/aromatic N) is 2. The largest absolute Gasteiger partial charge is 0.508 e. The van der Waals surface area contributed by atoms with Crippen molar-refractivity contribution >= 4 is 5.91 Å². The van der Waals surface area contributed by atoms with Crippen molar-refractivity contribution in [2.75, 3.05) is 32.7 Å². The predicted molar refractivity (Wildman–Crippen MR) is 124 cm³/mol. The molecule has 0 aromatic heterocycles. The maximum absolute atomic E-state index is 12.6. The molecule has 0 saturated carbocycles. The maximum Gasteiger partial charge on any atom is 0.234 e. The Balaban J connectivity index is 1.12. The quantitative estimate of drug-likeness (QED) is 0.686. The van der Waals surface area contributed by atoms with Gasteiger partial charge in [-0.1, -0.05) is 42.5 Å². The fourth-order valence-electron chi connectivity index (χ4n) is 4.88. The van der Waals surface area contributed by atoms with E-state index < -0.39 is 0 Å². The Bertz CT molecular complexity index is 816. The molecule has 2 aromatic rings. The molecule has 2 N–H and O–H groups in total. The molecule has 1 atom stereocenters. The van der Waals surface area contributed by atoms with Gasteiger partial charge in [-0.05, 0) is 74.4 Å². The van der Waals surface area contributed by atoms with E-state index in [0.29, 0.717) is 12.3 Å². The third-order valence-corrected chi connectivity index (χ3v) is 6.74. The smallest absolute Gasteiger partial charge is 0.234 e. The molecule has 1 amide bonds. The van der Waals surface area contributed by atoms with Crippen molar-refractivity contribution < 1.29 is 9.90 Å². The Hall–Kier alpha value is -2.37. The van der Waals surface area contributed by atoms with Gasteiger partial charge in [-0.15, -0.1) is 0 Å². The van der Waals surface area contributed by atoms with Crippen molar-refractivity contribution in [3.63, 3.8) is 0 Å². The van der Waals surface area contributed by atoms with Crippen molar-refractivity contribution in [2.24, 2.45) is 5.92 Å². The fraction of sp³-hybridized carbons (Fsp3) is 0.500. The number of amides is 1. The highest BCUT2D eigenvalue weighted by atomic mass is 16.3. The van der Waals surface area contributed by atoms with Crippen LogP contribution in [0.4, 0.5) is 0 Å². The van der Waals surface area contributed by atoms with Crippen LogP contribution in [0.25, 0.3) is 0 Å². The first-order valence-corrected chi connectivity index (χ1v) is 11.7. The van der Waals surface area contributed by atoms with E-state index >= 15 is 0 Å². The molecular formula is C26H35N3O2. The summed E-state index contributed by atoms with van der Waals surface area (Å²) >= 11 is 0. The standard InChI is InChI=1S/C26H35N3O2/c30-25-10-8-21(9-11-25)6-7-22-12-15-28(16-13-22)20-26(31)27-24-14-17-29(19-24)18-23-4-2-1-3-5-23/h1-5,8-11,22,24,30H,6-7,12-20H2,(H,27,31). The van der Waals surface area contributed by atoms with Gasteiger partial charge in [0.2, 0.25) is 5.91 Å². The van der Waals surface area contributed by atoms with E-state index in [-0.39, 0.29) is 11.9 Å². The zero-order chi connectivity index (χ0) is 21.5. The number of aryl methyl sites for hydroxylation is 1. The van der Waals surface area contributed by atoms with Gasteiger partial charge in [0.1, 0.15) is 5.75 Å². The van der Waals surface area contributed by atoms with Gasteiger partial charge >= 0.3 is 0 Å². The average molecular weight is 422 g/mol. The number of phenols is 1. The molecule has 0 radical (unpaired) electrons. The van der Waals surface area contributed by atoms with E-state index in [1.54, 1.807) is 12.1 Å². The van der Waals surface area contributed by atoms with Crippen molar-refractivity contribution in [2.45, 2.75) is 44.7 Å². The van der Waals surface area contributed by atoms with Crippen LogP contribution in [0.3, 0.4) is 0 Å². The van der Waals surface area contributed by atoms with Gasteiger partial charge < -0.3 is 10.4 Å². The van der Waals surface area contributed by atoms with E-state index in [2.05, 4.69) is 45.4 Å². The van der Waals surface area contributed by atoms with Crippen LogP contribution >= 0.6 is 0 Å². The van der Waals surface area contributed by atoms with Gasteiger partial charge in [-0.25, -0.2) is 0 Å². The van der Waals surface area contributed by atoms with Gasteiger partial charge in [-0.2, -0.15) is 0 Å². The topological polar surface area (TPSA) is 55.8 Å². The molecule has 2 saturated heterocycles. The van der Waals surface area contributed by atoms with E-state index in [1.807, 2.05) is 12.1 Å². The van der Waals surface area contributed by atoms with Crippen LogP contribution in [-0.4, -0.2) is 59.6 Å². The Labute approximate surface area is 186 Å². The molecule has 0 bridgehead atoms. The first-order chi connectivity index (χ1) is 15.1. The summed E-state index contributed by atoms with van der Waals surface area (Å²) in [5.41, 5.74) is 2.63. The Kier molecular flexibility index (Phi) is 7.60. The molecule has 0 spiro atoms. The van der Waals surface area contributed by atoms with Crippen molar-refractivity contribution in [1.29, 1.82) is 0 Å². The minimum absolute atomic E-state index is 0.175. The van der Waals surface area contributed by atoms with Crippen molar-refractivity contribution in [1.82, 2.24) is 15.1 Å². The molecule has 2 aliphatic rings. The van der Waals surface area contributed by atoms with Gasteiger partial charge in [0, 0.05) is 25.7 Å². The molecular weight excluding hydrogens is 386 g/mol. The fourth-order valence-corrected chi connectivity index (χ4v) is 4.88. The molecule has 2 fully saturated rings. The van der Waals surface area contributed by atoms with E-state index in [1.165, 1.54) is 30.4 Å². The van der Waals surface area contributed by atoms with Crippen molar-refractivity contribution in [3.05, 3.63) is 65.7 Å². The molecule has 4 rings (SSSR count). The van der Waals surface area contributed by atoms with Crippen LogP contribution < -0.4 is 5.32 Å². The van der Waals surface area contributed by atoms with Crippen LogP contribution in [0, 0.1) is 5.92 Å². The number of aromatic hydroxyl groups is 1. The first kappa shape index (κ1) is 21.8. The monoisotopic (exact) mass is 421 g/mol. The van der Waals surface area contributed by atoms with Crippen LogP contribution in [0.1, 0.15) is 36.8 Å². The Morgan fingerprint density at radius 2 is 1.61 bits per heavy atom. The number of hydrogen-bond acceptors (Lipinski definition) is 4. The maximum atomic E-state index is 12.6. The summed E-state index contributed by atoms with van der Waals surface area (Å²) in [6.45, 7) is 5.51. The highest BCUT2D eigenvalue weighted by Crippen LogP contribution is 2.23. The van der Waals surface area contributed by atoms with Crippen LogP contribution in [0.5, 0.6) is 5.75 Å². The number of nitrogens with one attached hydrogen (secondary N) is 1.